The van der Waals surface area contributed by atoms with Crippen LogP contribution < -0.4 is 4.74 Å². The summed E-state index contributed by atoms with van der Waals surface area (Å²) in [7, 11) is 0. The first-order valence-corrected chi connectivity index (χ1v) is 7.18. The molecule has 124 valence electrons. The van der Waals surface area contributed by atoms with Gasteiger partial charge in [0, 0.05) is 11.0 Å². The van der Waals surface area contributed by atoms with Gasteiger partial charge in [0.15, 0.2) is 6.10 Å². The summed E-state index contributed by atoms with van der Waals surface area (Å²) in [5, 5.41) is 10.3. The first kappa shape index (κ1) is 17.2. The highest BCUT2D eigenvalue weighted by atomic mass is 16.6. The second-order valence-electron chi connectivity index (χ2n) is 5.12. The lowest BCUT2D eigenvalue weighted by Crippen LogP contribution is -2.29. The van der Waals surface area contributed by atoms with E-state index in [2.05, 4.69) is 6.58 Å². The largest absolute Gasteiger partial charge is 0.481 e. The zero-order chi connectivity index (χ0) is 17.7. The molecule has 1 unspecified atom stereocenters. The lowest BCUT2D eigenvalue weighted by molar-refractivity contribution is -0.158. The summed E-state index contributed by atoms with van der Waals surface area (Å²) >= 11 is 0. The fraction of sp³-hybridized carbons (Fsp3) is 0.167. The zero-order valence-electron chi connectivity index (χ0n) is 13.0. The van der Waals surface area contributed by atoms with Crippen LogP contribution in [0.1, 0.15) is 13.3 Å². The van der Waals surface area contributed by atoms with Crippen molar-refractivity contribution in [2.45, 2.75) is 19.4 Å². The van der Waals surface area contributed by atoms with Gasteiger partial charge in [-0.3, -0.25) is 4.79 Å². The van der Waals surface area contributed by atoms with Gasteiger partial charge in [-0.1, -0.05) is 43.0 Å². The minimum atomic E-state index is -1.21. The number of carbonyl (C=O) groups is 3. The number of ether oxygens (including phenoxy) is 2. The van der Waals surface area contributed by atoms with Crippen molar-refractivity contribution in [1.82, 2.24) is 0 Å². The maximum atomic E-state index is 12.1. The van der Waals surface area contributed by atoms with Crippen LogP contribution in [0.5, 0.6) is 5.75 Å². The number of carbonyl (C=O) groups excluding carboxylic acids is 2. The Balaban J connectivity index is 2.04. The molecule has 0 radical (unpaired) electrons. The van der Waals surface area contributed by atoms with Crippen LogP contribution in [0.2, 0.25) is 0 Å². The summed E-state index contributed by atoms with van der Waals surface area (Å²) in [4.78, 5) is 34.3. The van der Waals surface area contributed by atoms with Gasteiger partial charge >= 0.3 is 17.9 Å². The fourth-order valence-electron chi connectivity index (χ4n) is 2.02. The van der Waals surface area contributed by atoms with Crippen molar-refractivity contribution in [2.75, 3.05) is 0 Å². The van der Waals surface area contributed by atoms with Crippen molar-refractivity contribution in [2.24, 2.45) is 0 Å². The van der Waals surface area contributed by atoms with Crippen LogP contribution >= 0.6 is 0 Å². The summed E-state index contributed by atoms with van der Waals surface area (Å²) in [6.07, 6.45) is -1.74. The molecule has 2 rings (SSSR count). The number of fused-ring (bicyclic) bond motifs is 1. The predicted molar refractivity (Wildman–Crippen MR) is 86.5 cm³/mol. The molecule has 0 aliphatic heterocycles. The van der Waals surface area contributed by atoms with Crippen molar-refractivity contribution < 1.29 is 29.0 Å². The van der Waals surface area contributed by atoms with E-state index in [0.29, 0.717) is 5.75 Å². The molecule has 6 nitrogen and oxygen atoms in total. The maximum Gasteiger partial charge on any atom is 0.352 e. The average molecular weight is 328 g/mol. The Morgan fingerprint density at radius 2 is 1.79 bits per heavy atom. The molecule has 0 heterocycles. The number of hydrogen-bond donors (Lipinski definition) is 1. The average Bonchev–Trinajstić information content (AvgIpc) is 2.54. The Morgan fingerprint density at radius 1 is 1.12 bits per heavy atom. The minimum absolute atomic E-state index is 0.243. The summed E-state index contributed by atoms with van der Waals surface area (Å²) in [6.45, 7) is 4.67. The van der Waals surface area contributed by atoms with Crippen LogP contribution in [-0.4, -0.2) is 29.1 Å². The third-order valence-corrected chi connectivity index (χ3v) is 3.23. The monoisotopic (exact) mass is 328 g/mol. The number of rotatable bonds is 6. The smallest absolute Gasteiger partial charge is 0.352 e. The van der Waals surface area contributed by atoms with Crippen LogP contribution in [0.25, 0.3) is 10.8 Å². The van der Waals surface area contributed by atoms with Crippen LogP contribution in [0, 0.1) is 0 Å². The van der Waals surface area contributed by atoms with E-state index in [9.17, 15) is 14.4 Å². The van der Waals surface area contributed by atoms with Crippen LogP contribution in [-0.2, 0) is 19.1 Å². The summed E-state index contributed by atoms with van der Waals surface area (Å²) in [5.74, 6) is -2.56. The second kappa shape index (κ2) is 7.41. The third kappa shape index (κ3) is 4.19. The number of carboxylic acid groups (broad SMARTS) is 1. The molecule has 1 N–H and O–H groups in total. The number of esters is 2. The van der Waals surface area contributed by atoms with Crippen molar-refractivity contribution in [3.63, 3.8) is 0 Å². The molecule has 0 aliphatic carbocycles. The number of hydrogen-bond acceptors (Lipinski definition) is 5. The van der Waals surface area contributed by atoms with E-state index in [1.54, 1.807) is 12.1 Å². The van der Waals surface area contributed by atoms with Gasteiger partial charge in [-0.25, -0.2) is 9.59 Å². The Labute approximate surface area is 138 Å². The van der Waals surface area contributed by atoms with Crippen molar-refractivity contribution in [3.8, 4) is 5.75 Å². The van der Waals surface area contributed by atoms with Gasteiger partial charge in [-0.15, -0.1) is 0 Å². The molecule has 0 bridgehead atoms. The predicted octanol–water partition coefficient (Wildman–Crippen LogP) is 2.71. The Kier molecular flexibility index (Phi) is 5.31. The lowest BCUT2D eigenvalue weighted by Gasteiger charge is -2.14. The van der Waals surface area contributed by atoms with Crippen LogP contribution in [0.4, 0.5) is 0 Å². The number of carboxylic acids is 1. The highest BCUT2D eigenvalue weighted by molar-refractivity contribution is 5.95. The van der Waals surface area contributed by atoms with Gasteiger partial charge in [-0.2, -0.15) is 0 Å². The molecular formula is C18H16O6. The van der Waals surface area contributed by atoms with E-state index in [-0.39, 0.29) is 5.57 Å². The normalized spacial score (nSPS) is 11.5. The third-order valence-electron chi connectivity index (χ3n) is 3.23. The van der Waals surface area contributed by atoms with Crippen molar-refractivity contribution >= 4 is 28.7 Å². The standard InChI is InChI=1S/C18H16O6/c1-11(10-16(19)20)17(21)23-12(2)18(22)24-15-9-5-7-13-6-3-4-8-14(13)15/h3-9,12H,1,10H2,2H3,(H,19,20). The van der Waals surface area contributed by atoms with Crippen LogP contribution in [0.15, 0.2) is 54.6 Å². The van der Waals surface area contributed by atoms with Crippen molar-refractivity contribution in [1.29, 1.82) is 0 Å². The molecule has 6 heteroatoms. The zero-order valence-corrected chi connectivity index (χ0v) is 13.0. The lowest BCUT2D eigenvalue weighted by atomic mass is 10.1. The molecule has 0 amide bonds. The molecule has 0 aliphatic rings. The molecule has 0 saturated heterocycles. The minimum Gasteiger partial charge on any atom is -0.481 e. The molecule has 24 heavy (non-hydrogen) atoms. The second-order valence-corrected chi connectivity index (χ2v) is 5.12. The number of benzene rings is 2. The maximum absolute atomic E-state index is 12.1. The molecule has 0 aromatic heterocycles. The Bertz CT molecular complexity index is 803. The van der Waals surface area contributed by atoms with Gasteiger partial charge < -0.3 is 14.6 Å². The highest BCUT2D eigenvalue weighted by Gasteiger charge is 2.23. The summed E-state index contributed by atoms with van der Waals surface area (Å²) < 4.78 is 10.2. The van der Waals surface area contributed by atoms with E-state index < -0.39 is 30.4 Å². The van der Waals surface area contributed by atoms with Gasteiger partial charge in [0.25, 0.3) is 0 Å². The fourth-order valence-corrected chi connectivity index (χ4v) is 2.02. The van der Waals surface area contributed by atoms with E-state index in [0.717, 1.165) is 10.8 Å². The van der Waals surface area contributed by atoms with E-state index >= 15 is 0 Å². The van der Waals surface area contributed by atoms with E-state index in [1.165, 1.54) is 6.92 Å². The van der Waals surface area contributed by atoms with Gasteiger partial charge in [0.2, 0.25) is 0 Å². The van der Waals surface area contributed by atoms with Gasteiger partial charge in [-0.05, 0) is 18.4 Å². The first-order valence-electron chi connectivity index (χ1n) is 7.18. The molecule has 0 spiro atoms. The van der Waals surface area contributed by atoms with Crippen LogP contribution in [0.3, 0.4) is 0 Å². The molecule has 2 aromatic rings. The SMILES string of the molecule is C=C(CC(=O)O)C(=O)OC(C)C(=O)Oc1cccc2ccccc12. The van der Waals surface area contributed by atoms with Gasteiger partial charge in [0.1, 0.15) is 5.75 Å². The molecule has 0 saturated carbocycles. The van der Waals surface area contributed by atoms with E-state index in [1.807, 2.05) is 30.3 Å². The molecule has 0 fully saturated rings. The van der Waals surface area contributed by atoms with E-state index in [4.69, 9.17) is 14.6 Å². The number of aliphatic carboxylic acids is 1. The first-order chi connectivity index (χ1) is 11.4. The molecular weight excluding hydrogens is 312 g/mol. The highest BCUT2D eigenvalue weighted by Crippen LogP contribution is 2.25. The summed E-state index contributed by atoms with van der Waals surface area (Å²) in [6, 6.07) is 12.6. The topological polar surface area (TPSA) is 89.9 Å². The Morgan fingerprint density at radius 3 is 2.50 bits per heavy atom. The Hall–Kier alpha value is -3.15. The molecule has 1 atom stereocenters. The molecule has 2 aromatic carbocycles. The quantitative estimate of drug-likeness (QED) is 0.498. The van der Waals surface area contributed by atoms with Crippen molar-refractivity contribution in [3.05, 3.63) is 54.6 Å². The van der Waals surface area contributed by atoms with Gasteiger partial charge in [0.05, 0.1) is 6.42 Å². The summed E-state index contributed by atoms with van der Waals surface area (Å²) in [5.41, 5.74) is -0.243.